The number of carbonyl (C=O) groups excluding carboxylic acids is 1. The first-order valence-corrected chi connectivity index (χ1v) is 10.0. The zero-order valence-electron chi connectivity index (χ0n) is 16.2. The fourth-order valence-electron chi connectivity index (χ4n) is 3.51. The first-order valence-electron chi connectivity index (χ1n) is 10.0. The Bertz CT molecular complexity index is 717. The molecule has 0 saturated carbocycles. The Morgan fingerprint density at radius 2 is 1.93 bits per heavy atom. The highest BCUT2D eigenvalue weighted by Gasteiger charge is 2.26. The summed E-state index contributed by atoms with van der Waals surface area (Å²) in [5.74, 6) is 0.877. The second-order valence-corrected chi connectivity index (χ2v) is 7.25. The van der Waals surface area contributed by atoms with Gasteiger partial charge < -0.3 is 10.1 Å². The van der Waals surface area contributed by atoms with Gasteiger partial charge in [0.05, 0.1) is 18.2 Å². The summed E-state index contributed by atoms with van der Waals surface area (Å²) in [5.41, 5.74) is 2.08. The lowest BCUT2D eigenvalue weighted by Crippen LogP contribution is -2.40. The van der Waals surface area contributed by atoms with Crippen LogP contribution in [0.25, 0.3) is 0 Å². The molecule has 1 N–H and O–H groups in total. The molecule has 27 heavy (non-hydrogen) atoms. The van der Waals surface area contributed by atoms with Gasteiger partial charge in [-0.1, -0.05) is 55.8 Å². The smallest absolute Gasteiger partial charge is 0.228 e. The molecule has 1 amide bonds. The van der Waals surface area contributed by atoms with E-state index in [1.54, 1.807) is 0 Å². The average molecular weight is 367 g/mol. The van der Waals surface area contributed by atoms with E-state index in [0.29, 0.717) is 6.61 Å². The second kappa shape index (κ2) is 10.1. The largest absolute Gasteiger partial charge is 0.491 e. The Balaban J connectivity index is 1.57. The first kappa shape index (κ1) is 19.4. The molecular formula is C23H30N2O2. The third-order valence-electron chi connectivity index (χ3n) is 5.03. The zero-order chi connectivity index (χ0) is 18.9. The lowest BCUT2D eigenvalue weighted by Gasteiger charge is -2.32. The molecule has 0 bridgehead atoms. The Labute approximate surface area is 162 Å². The van der Waals surface area contributed by atoms with Gasteiger partial charge in [0, 0.05) is 13.1 Å². The quantitative estimate of drug-likeness (QED) is 0.688. The molecule has 1 heterocycles. The molecule has 2 aromatic carbocycles. The number of likely N-dealkylation sites (tertiary alicyclic amines) is 1. The van der Waals surface area contributed by atoms with Gasteiger partial charge in [0.15, 0.2) is 0 Å². The first-order chi connectivity index (χ1) is 13.3. The van der Waals surface area contributed by atoms with Crippen molar-refractivity contribution in [2.75, 3.05) is 25.0 Å². The van der Waals surface area contributed by atoms with Crippen molar-refractivity contribution in [3.63, 3.8) is 0 Å². The number of piperidine rings is 1. The highest BCUT2D eigenvalue weighted by Crippen LogP contribution is 2.26. The van der Waals surface area contributed by atoms with Crippen molar-refractivity contribution in [3.8, 4) is 5.75 Å². The topological polar surface area (TPSA) is 41.6 Å². The van der Waals surface area contributed by atoms with Gasteiger partial charge in [-0.2, -0.15) is 0 Å². The summed E-state index contributed by atoms with van der Waals surface area (Å²) < 4.78 is 5.84. The van der Waals surface area contributed by atoms with Crippen LogP contribution in [0.15, 0.2) is 54.6 Å². The molecule has 1 atom stereocenters. The van der Waals surface area contributed by atoms with Crippen LogP contribution in [0, 0.1) is 5.92 Å². The molecule has 1 aliphatic rings. The molecule has 1 saturated heterocycles. The minimum absolute atomic E-state index is 0.0196. The summed E-state index contributed by atoms with van der Waals surface area (Å²) in [7, 11) is 0. The number of carbonyl (C=O) groups is 1. The van der Waals surface area contributed by atoms with Gasteiger partial charge in [0.1, 0.15) is 5.75 Å². The number of para-hydroxylation sites is 2. The van der Waals surface area contributed by atoms with Gasteiger partial charge in [-0.15, -0.1) is 0 Å². The molecule has 4 nitrogen and oxygen atoms in total. The van der Waals surface area contributed by atoms with Crippen LogP contribution in [-0.2, 0) is 11.3 Å². The Kier molecular flexibility index (Phi) is 7.28. The van der Waals surface area contributed by atoms with Crippen LogP contribution < -0.4 is 10.1 Å². The summed E-state index contributed by atoms with van der Waals surface area (Å²) >= 11 is 0. The number of nitrogens with zero attached hydrogens (tertiary/aromatic N) is 1. The van der Waals surface area contributed by atoms with E-state index in [4.69, 9.17) is 4.74 Å². The van der Waals surface area contributed by atoms with E-state index in [1.807, 2.05) is 30.3 Å². The number of benzene rings is 2. The van der Waals surface area contributed by atoms with Crippen LogP contribution >= 0.6 is 0 Å². The van der Waals surface area contributed by atoms with E-state index in [2.05, 4.69) is 41.4 Å². The lowest BCUT2D eigenvalue weighted by atomic mass is 9.96. The van der Waals surface area contributed by atoms with Crippen molar-refractivity contribution < 1.29 is 9.53 Å². The summed E-state index contributed by atoms with van der Waals surface area (Å²) in [4.78, 5) is 15.2. The highest BCUT2D eigenvalue weighted by molar-refractivity contribution is 5.94. The summed E-state index contributed by atoms with van der Waals surface area (Å²) in [6.45, 7) is 5.58. The van der Waals surface area contributed by atoms with Crippen LogP contribution in [-0.4, -0.2) is 30.5 Å². The molecule has 4 heteroatoms. The number of amides is 1. The van der Waals surface area contributed by atoms with Crippen molar-refractivity contribution in [1.29, 1.82) is 0 Å². The number of hydrogen-bond donors (Lipinski definition) is 1. The SMILES string of the molecule is CCCCOc1ccccc1NC(=O)C1CCCN(Cc2ccccc2)C1. The summed E-state index contributed by atoms with van der Waals surface area (Å²) in [6.07, 6.45) is 4.10. The summed E-state index contributed by atoms with van der Waals surface area (Å²) in [6, 6.07) is 18.2. The standard InChI is InChI=1S/C23H30N2O2/c1-2-3-16-27-22-14-8-7-13-21(22)24-23(26)20-12-9-15-25(18-20)17-19-10-5-4-6-11-19/h4-8,10-11,13-14,20H,2-3,9,12,15-18H2,1H3,(H,24,26). The molecule has 1 aliphatic heterocycles. The lowest BCUT2D eigenvalue weighted by molar-refractivity contribution is -0.121. The molecule has 3 rings (SSSR count). The maximum absolute atomic E-state index is 12.9. The predicted molar refractivity (Wildman–Crippen MR) is 110 cm³/mol. The van der Waals surface area contributed by atoms with E-state index in [0.717, 1.165) is 56.8 Å². The van der Waals surface area contributed by atoms with Crippen molar-refractivity contribution in [3.05, 3.63) is 60.2 Å². The molecule has 0 aliphatic carbocycles. The minimum atomic E-state index is 0.0196. The second-order valence-electron chi connectivity index (χ2n) is 7.25. The molecule has 144 valence electrons. The molecule has 0 radical (unpaired) electrons. The maximum Gasteiger partial charge on any atom is 0.228 e. The van der Waals surface area contributed by atoms with Gasteiger partial charge in [-0.05, 0) is 43.5 Å². The van der Waals surface area contributed by atoms with Crippen LogP contribution in [0.2, 0.25) is 0 Å². The number of hydrogen-bond acceptors (Lipinski definition) is 3. The highest BCUT2D eigenvalue weighted by atomic mass is 16.5. The zero-order valence-corrected chi connectivity index (χ0v) is 16.2. The molecule has 1 unspecified atom stereocenters. The molecule has 2 aromatic rings. The van der Waals surface area contributed by atoms with Crippen LogP contribution in [0.5, 0.6) is 5.75 Å². The molecule has 1 fully saturated rings. The fraction of sp³-hybridized carbons (Fsp3) is 0.435. The van der Waals surface area contributed by atoms with Crippen LogP contribution in [0.4, 0.5) is 5.69 Å². The third-order valence-corrected chi connectivity index (χ3v) is 5.03. The van der Waals surface area contributed by atoms with Crippen molar-refractivity contribution in [2.45, 2.75) is 39.2 Å². The third kappa shape index (κ3) is 5.83. The Morgan fingerprint density at radius 1 is 1.15 bits per heavy atom. The summed E-state index contributed by atoms with van der Waals surface area (Å²) in [5, 5.41) is 3.10. The normalized spacial score (nSPS) is 17.4. The Morgan fingerprint density at radius 3 is 2.74 bits per heavy atom. The van der Waals surface area contributed by atoms with E-state index in [9.17, 15) is 4.79 Å². The van der Waals surface area contributed by atoms with Gasteiger partial charge in [-0.25, -0.2) is 0 Å². The number of anilines is 1. The van der Waals surface area contributed by atoms with Gasteiger partial charge >= 0.3 is 0 Å². The predicted octanol–water partition coefficient (Wildman–Crippen LogP) is 4.72. The van der Waals surface area contributed by atoms with Gasteiger partial charge in [0.2, 0.25) is 5.91 Å². The van der Waals surface area contributed by atoms with Crippen molar-refractivity contribution >= 4 is 11.6 Å². The van der Waals surface area contributed by atoms with E-state index < -0.39 is 0 Å². The fourth-order valence-corrected chi connectivity index (χ4v) is 3.51. The molecular weight excluding hydrogens is 336 g/mol. The van der Waals surface area contributed by atoms with Crippen molar-refractivity contribution in [1.82, 2.24) is 4.90 Å². The number of rotatable bonds is 8. The number of unbranched alkanes of at least 4 members (excludes halogenated alkanes) is 1. The van der Waals surface area contributed by atoms with Crippen LogP contribution in [0.3, 0.4) is 0 Å². The monoisotopic (exact) mass is 366 g/mol. The number of ether oxygens (including phenoxy) is 1. The van der Waals surface area contributed by atoms with Crippen LogP contribution in [0.1, 0.15) is 38.2 Å². The molecule has 0 spiro atoms. The van der Waals surface area contributed by atoms with Gasteiger partial charge in [0.25, 0.3) is 0 Å². The van der Waals surface area contributed by atoms with E-state index in [-0.39, 0.29) is 11.8 Å². The maximum atomic E-state index is 12.9. The number of nitrogens with one attached hydrogen (secondary N) is 1. The van der Waals surface area contributed by atoms with Gasteiger partial charge in [-0.3, -0.25) is 9.69 Å². The minimum Gasteiger partial charge on any atom is -0.491 e. The van der Waals surface area contributed by atoms with E-state index in [1.165, 1.54) is 5.56 Å². The van der Waals surface area contributed by atoms with Crippen molar-refractivity contribution in [2.24, 2.45) is 5.92 Å². The Hall–Kier alpha value is -2.33. The average Bonchev–Trinajstić information content (AvgIpc) is 2.70. The molecule has 0 aromatic heterocycles. The van der Waals surface area contributed by atoms with E-state index >= 15 is 0 Å².